The molecule has 0 atom stereocenters. The highest BCUT2D eigenvalue weighted by Crippen LogP contribution is 2.29. The summed E-state index contributed by atoms with van der Waals surface area (Å²) in [5.41, 5.74) is 2.06. The van der Waals surface area contributed by atoms with Crippen molar-refractivity contribution in [2.24, 2.45) is 0 Å². The van der Waals surface area contributed by atoms with Crippen LogP contribution in [0.2, 0.25) is 5.02 Å². The highest BCUT2D eigenvalue weighted by molar-refractivity contribution is 6.33. The average molecular weight is 310 g/mol. The lowest BCUT2D eigenvalue weighted by Gasteiger charge is -2.23. The molecule has 0 unspecified atom stereocenters. The van der Waals surface area contributed by atoms with Gasteiger partial charge in [0.1, 0.15) is 0 Å². The summed E-state index contributed by atoms with van der Waals surface area (Å²) in [6.45, 7) is 4.21. The van der Waals surface area contributed by atoms with Crippen molar-refractivity contribution in [1.82, 2.24) is 10.6 Å². The Balaban J connectivity index is 2.02. The molecule has 1 aliphatic carbocycles. The molecule has 0 radical (unpaired) electrons. The van der Waals surface area contributed by atoms with Crippen LogP contribution in [0.5, 0.6) is 0 Å². The van der Waals surface area contributed by atoms with Gasteiger partial charge in [0, 0.05) is 19.6 Å². The lowest BCUT2D eigenvalue weighted by Crippen LogP contribution is -2.36. The van der Waals surface area contributed by atoms with Crippen molar-refractivity contribution in [3.05, 3.63) is 28.8 Å². The van der Waals surface area contributed by atoms with Gasteiger partial charge in [-0.25, -0.2) is 0 Å². The summed E-state index contributed by atoms with van der Waals surface area (Å²) in [6, 6.07) is 6.27. The van der Waals surface area contributed by atoms with Crippen LogP contribution < -0.4 is 15.5 Å². The molecule has 0 aliphatic heterocycles. The van der Waals surface area contributed by atoms with Crippen LogP contribution in [-0.2, 0) is 11.3 Å². The van der Waals surface area contributed by atoms with Crippen molar-refractivity contribution >= 4 is 23.2 Å². The Labute approximate surface area is 131 Å². The zero-order valence-corrected chi connectivity index (χ0v) is 13.5. The molecule has 21 heavy (non-hydrogen) atoms. The van der Waals surface area contributed by atoms with E-state index in [-0.39, 0.29) is 5.91 Å². The number of halogens is 1. The third-order valence-corrected chi connectivity index (χ3v) is 3.82. The molecule has 2 N–H and O–H groups in total. The van der Waals surface area contributed by atoms with Crippen molar-refractivity contribution in [2.75, 3.05) is 25.0 Å². The van der Waals surface area contributed by atoms with Gasteiger partial charge in [0.15, 0.2) is 0 Å². The minimum absolute atomic E-state index is 0.0624. The van der Waals surface area contributed by atoms with E-state index < -0.39 is 0 Å². The molecule has 1 saturated carbocycles. The van der Waals surface area contributed by atoms with Gasteiger partial charge in [0.05, 0.1) is 17.3 Å². The third kappa shape index (κ3) is 4.90. The number of hydrogen-bond acceptors (Lipinski definition) is 3. The summed E-state index contributed by atoms with van der Waals surface area (Å²) in [5, 5.41) is 7.08. The molecule has 116 valence electrons. The van der Waals surface area contributed by atoms with E-state index in [2.05, 4.69) is 23.6 Å². The molecule has 2 rings (SSSR count). The lowest BCUT2D eigenvalue weighted by atomic mass is 10.1. The van der Waals surface area contributed by atoms with Crippen LogP contribution >= 0.6 is 11.6 Å². The second kappa shape index (κ2) is 7.66. The van der Waals surface area contributed by atoms with Crippen LogP contribution in [0.3, 0.4) is 0 Å². The Morgan fingerprint density at radius 2 is 2.19 bits per heavy atom. The average Bonchev–Trinajstić information content (AvgIpc) is 3.22. The zero-order valence-electron chi connectivity index (χ0n) is 12.8. The number of likely N-dealkylation sites (N-methyl/N-ethyl adjacent to an activating group) is 1. The van der Waals surface area contributed by atoms with E-state index in [1.165, 1.54) is 0 Å². The van der Waals surface area contributed by atoms with E-state index in [1.807, 2.05) is 24.1 Å². The topological polar surface area (TPSA) is 44.4 Å². The van der Waals surface area contributed by atoms with Crippen molar-refractivity contribution < 1.29 is 4.79 Å². The van der Waals surface area contributed by atoms with Gasteiger partial charge in [-0.05, 0) is 37.4 Å². The van der Waals surface area contributed by atoms with E-state index in [4.69, 9.17) is 11.6 Å². The largest absolute Gasteiger partial charge is 0.364 e. The molecule has 1 aliphatic rings. The van der Waals surface area contributed by atoms with Crippen LogP contribution in [0.1, 0.15) is 31.7 Å². The van der Waals surface area contributed by atoms with Gasteiger partial charge in [-0.2, -0.15) is 0 Å². The van der Waals surface area contributed by atoms with Crippen LogP contribution in [-0.4, -0.2) is 32.1 Å². The Kier molecular flexibility index (Phi) is 5.88. The highest BCUT2D eigenvalue weighted by atomic mass is 35.5. The van der Waals surface area contributed by atoms with Gasteiger partial charge in [-0.3, -0.25) is 4.79 Å². The summed E-state index contributed by atoms with van der Waals surface area (Å²) in [5.74, 6) is 0.0624. The predicted octanol–water partition coefficient (Wildman–Crippen LogP) is 2.55. The van der Waals surface area contributed by atoms with Crippen LogP contribution in [0.4, 0.5) is 5.69 Å². The first kappa shape index (κ1) is 16.1. The fraction of sp³-hybridized carbons (Fsp3) is 0.562. The Bertz CT molecular complexity index is 488. The van der Waals surface area contributed by atoms with E-state index in [0.717, 1.165) is 43.6 Å². The fourth-order valence-corrected chi connectivity index (χ4v) is 2.66. The van der Waals surface area contributed by atoms with Gasteiger partial charge in [0.2, 0.25) is 5.91 Å². The maximum atomic E-state index is 11.9. The molecule has 0 spiro atoms. The number of carbonyl (C=O) groups excluding carboxylic acids is 1. The summed E-state index contributed by atoms with van der Waals surface area (Å²) < 4.78 is 0. The van der Waals surface area contributed by atoms with Crippen molar-refractivity contribution in [1.29, 1.82) is 0 Å². The van der Waals surface area contributed by atoms with E-state index in [0.29, 0.717) is 17.6 Å². The quantitative estimate of drug-likeness (QED) is 0.725. The maximum Gasteiger partial charge on any atom is 0.239 e. The minimum atomic E-state index is 0.0624. The maximum absolute atomic E-state index is 11.9. The summed E-state index contributed by atoms with van der Waals surface area (Å²) in [6.07, 6.45) is 3.30. The Morgan fingerprint density at radius 3 is 2.86 bits per heavy atom. The lowest BCUT2D eigenvalue weighted by molar-refractivity contribution is -0.119. The van der Waals surface area contributed by atoms with Crippen molar-refractivity contribution in [2.45, 2.75) is 38.8 Å². The van der Waals surface area contributed by atoms with Gasteiger partial charge in [0.25, 0.3) is 0 Å². The van der Waals surface area contributed by atoms with Crippen LogP contribution in [0.15, 0.2) is 18.2 Å². The first-order valence-corrected chi connectivity index (χ1v) is 7.98. The molecule has 1 fully saturated rings. The van der Waals surface area contributed by atoms with Gasteiger partial charge in [-0.1, -0.05) is 30.7 Å². The number of rotatable bonds is 8. The third-order valence-electron chi connectivity index (χ3n) is 3.52. The number of anilines is 1. The molecule has 0 bridgehead atoms. The predicted molar refractivity (Wildman–Crippen MR) is 87.9 cm³/mol. The molecule has 4 nitrogen and oxygen atoms in total. The summed E-state index contributed by atoms with van der Waals surface area (Å²) >= 11 is 6.34. The van der Waals surface area contributed by atoms with E-state index in [9.17, 15) is 4.79 Å². The Hall–Kier alpha value is -1.26. The Morgan fingerprint density at radius 1 is 1.43 bits per heavy atom. The van der Waals surface area contributed by atoms with Gasteiger partial charge < -0.3 is 15.5 Å². The fourth-order valence-electron chi connectivity index (χ4n) is 2.33. The first-order valence-electron chi connectivity index (χ1n) is 7.60. The number of nitrogens with one attached hydrogen (secondary N) is 2. The highest BCUT2D eigenvalue weighted by Gasteiger charge is 2.24. The normalized spacial score (nSPS) is 14.0. The number of amides is 1. The summed E-state index contributed by atoms with van der Waals surface area (Å²) in [4.78, 5) is 13.9. The molecule has 0 aromatic heterocycles. The number of para-hydroxylation sites is 1. The number of hydrogen-bond donors (Lipinski definition) is 2. The molecular weight excluding hydrogens is 286 g/mol. The minimum Gasteiger partial charge on any atom is -0.364 e. The van der Waals surface area contributed by atoms with Gasteiger partial charge >= 0.3 is 0 Å². The number of nitrogens with zero attached hydrogens (tertiary/aromatic N) is 1. The SMILES string of the molecule is CCCNCc1cccc(Cl)c1N(C)CC(=O)NC1CC1. The van der Waals surface area contributed by atoms with E-state index >= 15 is 0 Å². The van der Waals surface area contributed by atoms with E-state index in [1.54, 1.807) is 0 Å². The summed E-state index contributed by atoms with van der Waals surface area (Å²) in [7, 11) is 1.91. The van der Waals surface area contributed by atoms with Crippen LogP contribution in [0, 0.1) is 0 Å². The van der Waals surface area contributed by atoms with Crippen LogP contribution in [0.25, 0.3) is 0 Å². The first-order chi connectivity index (χ1) is 10.1. The number of benzene rings is 1. The second-order valence-electron chi connectivity index (χ2n) is 5.62. The number of carbonyl (C=O) groups is 1. The zero-order chi connectivity index (χ0) is 15.2. The standard InChI is InChI=1S/C16H24ClN3O/c1-3-9-18-10-12-5-4-6-14(17)16(12)20(2)11-15(21)19-13-7-8-13/h4-6,13,18H,3,7-11H2,1-2H3,(H,19,21). The molecule has 1 amide bonds. The molecular formula is C16H24ClN3O. The molecule has 1 aromatic rings. The van der Waals surface area contributed by atoms with Gasteiger partial charge in [-0.15, -0.1) is 0 Å². The smallest absolute Gasteiger partial charge is 0.239 e. The molecule has 0 saturated heterocycles. The van der Waals surface area contributed by atoms with Crippen molar-refractivity contribution in [3.8, 4) is 0 Å². The van der Waals surface area contributed by atoms with Crippen molar-refractivity contribution in [3.63, 3.8) is 0 Å². The second-order valence-corrected chi connectivity index (χ2v) is 6.03. The molecule has 5 heteroatoms. The monoisotopic (exact) mass is 309 g/mol. The molecule has 0 heterocycles. The molecule has 1 aromatic carbocycles.